The van der Waals surface area contributed by atoms with Crippen molar-refractivity contribution >= 4 is 11.6 Å². The lowest BCUT2D eigenvalue weighted by molar-refractivity contribution is -0.892. The molecule has 0 aliphatic carbocycles. The van der Waals surface area contributed by atoms with Crippen LogP contribution in [0.5, 0.6) is 5.75 Å². The molecular weight excluding hydrogens is 316 g/mol. The summed E-state index contributed by atoms with van der Waals surface area (Å²) in [5.74, 6) is 0.891. The molecule has 0 spiro atoms. The maximum absolute atomic E-state index is 12.3. The minimum absolute atomic E-state index is 0.0570. The third-order valence-electron chi connectivity index (χ3n) is 5.09. The average Bonchev–Trinajstić information content (AvgIpc) is 2.62. The molecule has 0 aromatic heterocycles. The Morgan fingerprint density at radius 1 is 1.40 bits per heavy atom. The van der Waals surface area contributed by atoms with Crippen LogP contribution in [0.15, 0.2) is 24.3 Å². The molecule has 1 aromatic rings. The van der Waals surface area contributed by atoms with E-state index in [2.05, 4.69) is 22.4 Å². The normalized spacial score (nSPS) is 17.7. The number of hydrogen-bond acceptors (Lipinski definition) is 4. The molecule has 1 aliphatic rings. The first-order chi connectivity index (χ1) is 11.9. The molecule has 6 nitrogen and oxygen atoms in total. The predicted octanol–water partition coefficient (Wildman–Crippen LogP) is 0.455. The van der Waals surface area contributed by atoms with Crippen LogP contribution < -0.4 is 19.9 Å². The minimum atomic E-state index is -0.810. The van der Waals surface area contributed by atoms with Gasteiger partial charge in [-0.25, -0.2) is 0 Å². The molecule has 0 bridgehead atoms. The van der Waals surface area contributed by atoms with Crippen LogP contribution in [0.3, 0.4) is 0 Å². The molecular formula is C19H29N4O2+. The molecule has 25 heavy (non-hydrogen) atoms. The second kappa shape index (κ2) is 8.21. The van der Waals surface area contributed by atoms with E-state index in [4.69, 9.17) is 4.74 Å². The summed E-state index contributed by atoms with van der Waals surface area (Å²) in [6, 6.07) is 10.2. The van der Waals surface area contributed by atoms with Gasteiger partial charge in [0, 0.05) is 0 Å². The number of rotatable bonds is 6. The third-order valence-corrected chi connectivity index (χ3v) is 5.09. The fraction of sp³-hybridized carbons (Fsp3) is 0.579. The van der Waals surface area contributed by atoms with Crippen LogP contribution in [0.25, 0.3) is 0 Å². The molecule has 6 heteroatoms. The molecule has 1 heterocycles. The van der Waals surface area contributed by atoms with Gasteiger partial charge in [0.05, 0.1) is 45.0 Å². The van der Waals surface area contributed by atoms with E-state index in [1.54, 1.807) is 14.0 Å². The summed E-state index contributed by atoms with van der Waals surface area (Å²) in [6.45, 7) is 9.61. The van der Waals surface area contributed by atoms with Gasteiger partial charge in [-0.15, -0.1) is 0 Å². The van der Waals surface area contributed by atoms with Crippen molar-refractivity contribution in [3.05, 3.63) is 24.3 Å². The fourth-order valence-corrected chi connectivity index (χ4v) is 2.99. The zero-order chi connectivity index (χ0) is 18.4. The topological polar surface area (TPSA) is 69.8 Å². The molecule has 1 aromatic carbocycles. The molecule has 0 radical (unpaired) electrons. The number of anilines is 1. The molecule has 1 fully saturated rings. The van der Waals surface area contributed by atoms with Gasteiger partial charge in [-0.3, -0.25) is 4.79 Å². The van der Waals surface area contributed by atoms with Crippen molar-refractivity contribution in [2.75, 3.05) is 44.7 Å². The number of carbonyl (C=O) groups excluding carboxylic acids is 1. The van der Waals surface area contributed by atoms with Crippen molar-refractivity contribution in [2.24, 2.45) is 5.92 Å². The van der Waals surface area contributed by atoms with E-state index in [1.165, 1.54) is 4.90 Å². The Morgan fingerprint density at radius 2 is 2.04 bits per heavy atom. The Balaban J connectivity index is 1.88. The van der Waals surface area contributed by atoms with Gasteiger partial charge in [0.15, 0.2) is 6.54 Å². The number of para-hydroxylation sites is 2. The maximum Gasteiger partial charge on any atom is 0.276 e. The van der Waals surface area contributed by atoms with Gasteiger partial charge in [0.1, 0.15) is 11.3 Å². The number of piperazine rings is 1. The second-order valence-electron chi connectivity index (χ2n) is 7.10. The first-order valence-corrected chi connectivity index (χ1v) is 8.83. The highest BCUT2D eigenvalue weighted by Crippen LogP contribution is 2.27. The van der Waals surface area contributed by atoms with E-state index in [0.717, 1.165) is 37.6 Å². The van der Waals surface area contributed by atoms with Gasteiger partial charge in [-0.1, -0.05) is 26.0 Å². The number of methoxy groups -OCH3 is 1. The van der Waals surface area contributed by atoms with E-state index in [0.29, 0.717) is 6.54 Å². The monoisotopic (exact) mass is 345 g/mol. The molecule has 136 valence electrons. The number of nitriles is 1. The van der Waals surface area contributed by atoms with Gasteiger partial charge < -0.3 is 19.9 Å². The minimum Gasteiger partial charge on any atom is -0.495 e. The van der Waals surface area contributed by atoms with E-state index in [1.807, 2.05) is 32.0 Å². The standard InChI is InChI=1S/C19H28N4O2/c1-15(2)19(3,14-20)21-18(24)13-22-9-11-23(12-10-22)16-7-5-6-8-17(16)25-4/h5-8,15H,9-13H2,1-4H3,(H,21,24)/p+1/t19-/m0/s1. The predicted molar refractivity (Wildman–Crippen MR) is 97.8 cm³/mol. The summed E-state index contributed by atoms with van der Waals surface area (Å²) in [5, 5.41) is 12.2. The molecule has 1 amide bonds. The van der Waals surface area contributed by atoms with Crippen LogP contribution in [0, 0.1) is 17.2 Å². The first-order valence-electron chi connectivity index (χ1n) is 8.83. The van der Waals surface area contributed by atoms with Crippen LogP contribution in [0.4, 0.5) is 5.69 Å². The van der Waals surface area contributed by atoms with Gasteiger partial charge in [-0.05, 0) is 25.0 Å². The van der Waals surface area contributed by atoms with E-state index in [-0.39, 0.29) is 11.8 Å². The molecule has 2 N–H and O–H groups in total. The SMILES string of the molecule is COc1ccccc1N1CC[NH+](CC(=O)N[C@@](C)(C#N)C(C)C)CC1. The van der Waals surface area contributed by atoms with Crippen molar-refractivity contribution in [2.45, 2.75) is 26.3 Å². The Hall–Kier alpha value is -2.26. The number of nitrogens with one attached hydrogen (secondary N) is 2. The Bertz CT molecular complexity index is 633. The lowest BCUT2D eigenvalue weighted by atomic mass is 9.90. The summed E-state index contributed by atoms with van der Waals surface area (Å²) in [5.41, 5.74) is 0.292. The van der Waals surface area contributed by atoms with Crippen LogP contribution in [0.2, 0.25) is 0 Å². The number of hydrogen-bond donors (Lipinski definition) is 2. The lowest BCUT2D eigenvalue weighted by Gasteiger charge is -2.34. The quantitative estimate of drug-likeness (QED) is 0.786. The number of quaternary nitrogens is 1. The van der Waals surface area contributed by atoms with Crippen molar-refractivity contribution < 1.29 is 14.4 Å². The summed E-state index contributed by atoms with van der Waals surface area (Å²) >= 11 is 0. The number of amides is 1. The maximum atomic E-state index is 12.3. The van der Waals surface area contributed by atoms with Gasteiger partial charge in [0.2, 0.25) is 0 Å². The van der Waals surface area contributed by atoms with Crippen molar-refractivity contribution in [1.82, 2.24) is 5.32 Å². The van der Waals surface area contributed by atoms with Crippen molar-refractivity contribution in [3.63, 3.8) is 0 Å². The van der Waals surface area contributed by atoms with Gasteiger partial charge in [0.25, 0.3) is 5.91 Å². The highest BCUT2D eigenvalue weighted by atomic mass is 16.5. The van der Waals surface area contributed by atoms with Gasteiger partial charge >= 0.3 is 0 Å². The van der Waals surface area contributed by atoms with Crippen LogP contribution in [-0.4, -0.2) is 51.3 Å². The number of carbonyl (C=O) groups is 1. The Labute approximate surface area is 150 Å². The Morgan fingerprint density at radius 3 is 2.60 bits per heavy atom. The highest BCUT2D eigenvalue weighted by molar-refractivity contribution is 5.78. The third kappa shape index (κ3) is 4.64. The fourth-order valence-electron chi connectivity index (χ4n) is 2.99. The summed E-state index contributed by atoms with van der Waals surface area (Å²) in [7, 11) is 1.69. The second-order valence-corrected chi connectivity index (χ2v) is 7.10. The van der Waals surface area contributed by atoms with Gasteiger partial charge in [-0.2, -0.15) is 5.26 Å². The van der Waals surface area contributed by atoms with Crippen LogP contribution >= 0.6 is 0 Å². The number of ether oxygens (including phenoxy) is 1. The molecule has 0 unspecified atom stereocenters. The molecule has 1 aliphatic heterocycles. The molecule has 1 saturated heterocycles. The van der Waals surface area contributed by atoms with Crippen LogP contribution in [0.1, 0.15) is 20.8 Å². The molecule has 2 rings (SSSR count). The Kier molecular flexibility index (Phi) is 6.27. The summed E-state index contributed by atoms with van der Waals surface area (Å²) in [4.78, 5) is 15.9. The van der Waals surface area contributed by atoms with Crippen molar-refractivity contribution in [3.8, 4) is 11.8 Å². The van der Waals surface area contributed by atoms with E-state index < -0.39 is 5.54 Å². The average molecular weight is 345 g/mol. The number of nitrogens with zero attached hydrogens (tertiary/aromatic N) is 2. The molecule has 1 atom stereocenters. The zero-order valence-corrected chi connectivity index (χ0v) is 15.6. The summed E-state index contributed by atoms with van der Waals surface area (Å²) < 4.78 is 5.44. The van der Waals surface area contributed by atoms with Crippen LogP contribution in [-0.2, 0) is 4.79 Å². The number of benzene rings is 1. The van der Waals surface area contributed by atoms with Crippen molar-refractivity contribution in [1.29, 1.82) is 5.26 Å². The van der Waals surface area contributed by atoms with E-state index >= 15 is 0 Å². The summed E-state index contributed by atoms with van der Waals surface area (Å²) in [6.07, 6.45) is 0. The highest BCUT2D eigenvalue weighted by Gasteiger charge is 2.32. The van der Waals surface area contributed by atoms with E-state index in [9.17, 15) is 10.1 Å². The smallest absolute Gasteiger partial charge is 0.276 e. The lowest BCUT2D eigenvalue weighted by Crippen LogP contribution is -3.16. The first kappa shape index (κ1) is 19.1. The largest absolute Gasteiger partial charge is 0.495 e. The zero-order valence-electron chi connectivity index (χ0n) is 15.6. The molecule has 0 saturated carbocycles.